The predicted octanol–water partition coefficient (Wildman–Crippen LogP) is 2.99. The molecule has 0 fully saturated rings. The molecule has 0 bridgehead atoms. The number of amides is 1. The van der Waals surface area contributed by atoms with Crippen LogP contribution in [0.4, 0.5) is 11.4 Å². The Bertz CT molecular complexity index is 683. The van der Waals surface area contributed by atoms with Crippen molar-refractivity contribution in [3.63, 3.8) is 0 Å². The van der Waals surface area contributed by atoms with Crippen LogP contribution in [0.5, 0.6) is 0 Å². The van der Waals surface area contributed by atoms with Crippen molar-refractivity contribution in [3.05, 3.63) is 56.3 Å². The summed E-state index contributed by atoms with van der Waals surface area (Å²) in [5, 5.41) is 13.1. The van der Waals surface area contributed by atoms with Crippen molar-refractivity contribution in [1.82, 2.24) is 4.90 Å². The van der Waals surface area contributed by atoms with E-state index in [9.17, 15) is 14.9 Å². The molecule has 0 aliphatic rings. The number of hydrogen-bond donors (Lipinski definition) is 0. The first-order valence-corrected chi connectivity index (χ1v) is 7.51. The van der Waals surface area contributed by atoms with E-state index < -0.39 is 4.92 Å². The van der Waals surface area contributed by atoms with Crippen molar-refractivity contribution in [1.29, 1.82) is 0 Å². The Morgan fingerprint density at radius 1 is 1.27 bits per heavy atom. The number of nitro benzene ring substituents is 1. The molecular formula is C15H17N3O3S. The number of carbonyl (C=O) groups is 1. The average Bonchev–Trinajstić information content (AvgIpc) is 2.98. The molecule has 0 saturated carbocycles. The third-order valence-electron chi connectivity index (χ3n) is 3.22. The molecule has 0 aliphatic carbocycles. The maximum Gasteiger partial charge on any atom is 0.293 e. The second-order valence-corrected chi connectivity index (χ2v) is 6.13. The van der Waals surface area contributed by atoms with E-state index in [4.69, 9.17) is 0 Å². The first-order valence-electron chi connectivity index (χ1n) is 6.63. The normalized spacial score (nSPS) is 10.3. The molecule has 0 N–H and O–H groups in total. The third-order valence-corrected chi connectivity index (χ3v) is 4.08. The summed E-state index contributed by atoms with van der Waals surface area (Å²) in [6.07, 6.45) is 0. The molecule has 7 heteroatoms. The van der Waals surface area contributed by atoms with Gasteiger partial charge in [0.15, 0.2) is 0 Å². The number of nitro groups is 1. The molecule has 1 amide bonds. The zero-order chi connectivity index (χ0) is 16.3. The van der Waals surface area contributed by atoms with E-state index in [1.807, 2.05) is 17.5 Å². The fourth-order valence-corrected chi connectivity index (χ4v) is 2.87. The minimum Gasteiger partial charge on any atom is -0.372 e. The summed E-state index contributed by atoms with van der Waals surface area (Å²) in [5.74, 6) is -0.234. The highest BCUT2D eigenvalue weighted by atomic mass is 32.1. The Hall–Kier alpha value is -2.41. The van der Waals surface area contributed by atoms with Gasteiger partial charge in [-0.2, -0.15) is 0 Å². The second-order valence-electron chi connectivity index (χ2n) is 5.10. The lowest BCUT2D eigenvalue weighted by Gasteiger charge is -2.17. The average molecular weight is 319 g/mol. The molecule has 0 atom stereocenters. The van der Waals surface area contributed by atoms with Crippen molar-refractivity contribution < 1.29 is 9.72 Å². The van der Waals surface area contributed by atoms with Gasteiger partial charge in [-0.3, -0.25) is 14.9 Å². The zero-order valence-corrected chi connectivity index (χ0v) is 13.5. The SMILES string of the molecule is CN(Cc1cccs1)C(=O)c1ccc(N(C)C)c([N+](=O)[O-])c1. The van der Waals surface area contributed by atoms with E-state index in [0.717, 1.165) is 4.88 Å². The Morgan fingerprint density at radius 3 is 2.55 bits per heavy atom. The summed E-state index contributed by atoms with van der Waals surface area (Å²) in [6.45, 7) is 0.486. The molecule has 1 heterocycles. The van der Waals surface area contributed by atoms with E-state index in [2.05, 4.69) is 0 Å². The van der Waals surface area contributed by atoms with Gasteiger partial charge in [0.25, 0.3) is 11.6 Å². The maximum absolute atomic E-state index is 12.4. The van der Waals surface area contributed by atoms with Crippen LogP contribution >= 0.6 is 11.3 Å². The highest BCUT2D eigenvalue weighted by Gasteiger charge is 2.20. The molecule has 2 rings (SSSR count). The van der Waals surface area contributed by atoms with E-state index >= 15 is 0 Å². The minimum atomic E-state index is -0.467. The summed E-state index contributed by atoms with van der Waals surface area (Å²) in [4.78, 5) is 27.4. The molecule has 0 radical (unpaired) electrons. The molecule has 116 valence electrons. The number of carbonyl (C=O) groups excluding carboxylic acids is 1. The lowest BCUT2D eigenvalue weighted by atomic mass is 10.1. The van der Waals surface area contributed by atoms with Gasteiger partial charge in [0.05, 0.1) is 11.5 Å². The fraction of sp³-hybridized carbons (Fsp3) is 0.267. The first kappa shape index (κ1) is 16.0. The molecule has 0 spiro atoms. The Morgan fingerprint density at radius 2 is 2.00 bits per heavy atom. The lowest BCUT2D eigenvalue weighted by Crippen LogP contribution is -2.26. The Kier molecular flexibility index (Phi) is 4.77. The standard InChI is InChI=1S/C15H17N3O3S/c1-16(2)13-7-6-11(9-14(13)18(20)21)15(19)17(3)10-12-5-4-8-22-12/h4-9H,10H2,1-3H3. The van der Waals surface area contributed by atoms with Gasteiger partial charge in [0.1, 0.15) is 5.69 Å². The number of hydrogen-bond acceptors (Lipinski definition) is 5. The molecule has 2 aromatic rings. The number of rotatable bonds is 5. The summed E-state index contributed by atoms with van der Waals surface area (Å²) < 4.78 is 0. The monoisotopic (exact) mass is 319 g/mol. The molecule has 1 aromatic carbocycles. The van der Waals surface area contributed by atoms with Gasteiger partial charge in [0, 0.05) is 37.6 Å². The number of anilines is 1. The van der Waals surface area contributed by atoms with Crippen LogP contribution in [0.25, 0.3) is 0 Å². The fourth-order valence-electron chi connectivity index (χ4n) is 2.11. The van der Waals surface area contributed by atoms with Crippen LogP contribution in [0.1, 0.15) is 15.2 Å². The zero-order valence-electron chi connectivity index (χ0n) is 12.6. The predicted molar refractivity (Wildman–Crippen MR) is 87.5 cm³/mol. The molecule has 0 aliphatic heterocycles. The van der Waals surface area contributed by atoms with Gasteiger partial charge >= 0.3 is 0 Å². The topological polar surface area (TPSA) is 66.7 Å². The van der Waals surface area contributed by atoms with Crippen LogP contribution in [0.2, 0.25) is 0 Å². The summed E-state index contributed by atoms with van der Waals surface area (Å²) >= 11 is 1.57. The second kappa shape index (κ2) is 6.57. The summed E-state index contributed by atoms with van der Waals surface area (Å²) in [6, 6.07) is 8.43. The van der Waals surface area contributed by atoms with Crippen LogP contribution in [0, 0.1) is 10.1 Å². The molecular weight excluding hydrogens is 302 g/mol. The van der Waals surface area contributed by atoms with E-state index in [1.165, 1.54) is 6.07 Å². The molecule has 6 nitrogen and oxygen atoms in total. The van der Waals surface area contributed by atoms with Crippen molar-refractivity contribution in [3.8, 4) is 0 Å². The van der Waals surface area contributed by atoms with Crippen LogP contribution in [0.3, 0.4) is 0 Å². The van der Waals surface area contributed by atoms with E-state index in [-0.39, 0.29) is 11.6 Å². The summed E-state index contributed by atoms with van der Waals surface area (Å²) in [7, 11) is 5.15. The maximum atomic E-state index is 12.4. The van der Waals surface area contributed by atoms with Crippen LogP contribution < -0.4 is 4.90 Å². The van der Waals surface area contributed by atoms with Crippen molar-refractivity contribution in [2.24, 2.45) is 0 Å². The number of nitrogens with zero attached hydrogens (tertiary/aromatic N) is 3. The number of benzene rings is 1. The quantitative estimate of drug-likeness (QED) is 0.627. The summed E-state index contributed by atoms with van der Waals surface area (Å²) in [5.41, 5.74) is 0.721. The molecule has 1 aromatic heterocycles. The van der Waals surface area contributed by atoms with Gasteiger partial charge in [0.2, 0.25) is 0 Å². The smallest absolute Gasteiger partial charge is 0.293 e. The first-order chi connectivity index (χ1) is 10.4. The minimum absolute atomic E-state index is 0.0691. The highest BCUT2D eigenvalue weighted by molar-refractivity contribution is 7.09. The molecule has 0 saturated heterocycles. The van der Waals surface area contributed by atoms with Gasteiger partial charge in [-0.1, -0.05) is 6.07 Å². The van der Waals surface area contributed by atoms with Crippen molar-refractivity contribution >= 4 is 28.6 Å². The Balaban J connectivity index is 2.26. The third kappa shape index (κ3) is 3.43. The van der Waals surface area contributed by atoms with Gasteiger partial charge < -0.3 is 9.80 Å². The van der Waals surface area contributed by atoms with Gasteiger partial charge in [-0.15, -0.1) is 11.3 Å². The Labute approximate surface area is 132 Å². The van der Waals surface area contributed by atoms with Crippen LogP contribution in [0.15, 0.2) is 35.7 Å². The van der Waals surface area contributed by atoms with Crippen molar-refractivity contribution in [2.75, 3.05) is 26.0 Å². The highest BCUT2D eigenvalue weighted by Crippen LogP contribution is 2.28. The van der Waals surface area contributed by atoms with E-state index in [0.29, 0.717) is 17.8 Å². The van der Waals surface area contributed by atoms with Gasteiger partial charge in [-0.05, 0) is 23.6 Å². The van der Waals surface area contributed by atoms with Crippen molar-refractivity contribution in [2.45, 2.75) is 6.54 Å². The lowest BCUT2D eigenvalue weighted by molar-refractivity contribution is -0.384. The van der Waals surface area contributed by atoms with E-state index in [1.54, 1.807) is 54.4 Å². The van der Waals surface area contributed by atoms with Gasteiger partial charge in [-0.25, -0.2) is 0 Å². The van der Waals surface area contributed by atoms with Crippen LogP contribution in [-0.2, 0) is 6.54 Å². The van der Waals surface area contributed by atoms with Crippen LogP contribution in [-0.4, -0.2) is 36.9 Å². The number of thiophene rings is 1. The molecule has 22 heavy (non-hydrogen) atoms. The largest absolute Gasteiger partial charge is 0.372 e. The molecule has 0 unspecified atom stereocenters.